The molecule has 5 heteroatoms. The van der Waals surface area contributed by atoms with E-state index in [0.717, 1.165) is 11.1 Å². The molecule has 0 bridgehead atoms. The molecule has 0 unspecified atom stereocenters. The van der Waals surface area contributed by atoms with E-state index in [1.165, 1.54) is 0 Å². The summed E-state index contributed by atoms with van der Waals surface area (Å²) in [7, 11) is 0. The molecule has 0 atom stereocenters. The summed E-state index contributed by atoms with van der Waals surface area (Å²) >= 11 is 5.90. The molecule has 31 heavy (non-hydrogen) atoms. The van der Waals surface area contributed by atoms with Gasteiger partial charge in [-0.15, -0.1) is 0 Å². The molecule has 0 spiro atoms. The number of hydrogen-bond acceptors (Lipinski definition) is 4. The number of benzene rings is 3. The predicted octanol–water partition coefficient (Wildman–Crippen LogP) is 6.69. The number of carbonyl (C=O) groups is 2. The lowest BCUT2D eigenvalue weighted by molar-refractivity contribution is 0.0681. The lowest BCUT2D eigenvalue weighted by atomic mass is 9.86. The van der Waals surface area contributed by atoms with Crippen molar-refractivity contribution in [2.75, 3.05) is 0 Å². The van der Waals surface area contributed by atoms with Crippen LogP contribution in [-0.4, -0.2) is 11.9 Å². The highest BCUT2D eigenvalue weighted by atomic mass is 35.5. The molecule has 0 heterocycles. The standard InChI is InChI=1S/C26H25ClO4/c1-16-6-8-18(9-7-16)24(28)30-22-15-20(26(3,4)5)14-17(2)23(22)31-25(29)19-10-12-21(27)13-11-19/h6-15H,1-5H3. The molecule has 3 aromatic carbocycles. The molecule has 3 aromatic rings. The zero-order chi connectivity index (χ0) is 22.8. The molecular formula is C26H25ClO4. The molecule has 3 rings (SSSR count). The Morgan fingerprint density at radius 1 is 0.774 bits per heavy atom. The van der Waals surface area contributed by atoms with Gasteiger partial charge in [0, 0.05) is 5.02 Å². The van der Waals surface area contributed by atoms with Gasteiger partial charge in [-0.1, -0.05) is 56.1 Å². The Hall–Kier alpha value is -3.11. The average Bonchev–Trinajstić information content (AvgIpc) is 2.70. The number of carbonyl (C=O) groups excluding carboxylic acids is 2. The van der Waals surface area contributed by atoms with Crippen LogP contribution in [-0.2, 0) is 5.41 Å². The normalized spacial score (nSPS) is 11.2. The van der Waals surface area contributed by atoms with E-state index >= 15 is 0 Å². The van der Waals surface area contributed by atoms with Crippen LogP contribution in [0, 0.1) is 13.8 Å². The van der Waals surface area contributed by atoms with Crippen molar-refractivity contribution in [3.05, 3.63) is 93.5 Å². The molecule has 0 radical (unpaired) electrons. The van der Waals surface area contributed by atoms with E-state index in [4.69, 9.17) is 21.1 Å². The van der Waals surface area contributed by atoms with E-state index in [1.807, 2.05) is 32.0 Å². The first-order valence-corrected chi connectivity index (χ1v) is 10.3. The van der Waals surface area contributed by atoms with Gasteiger partial charge in [0.1, 0.15) is 0 Å². The molecule has 0 N–H and O–H groups in total. The first-order chi connectivity index (χ1) is 14.5. The molecule has 0 aromatic heterocycles. The maximum absolute atomic E-state index is 12.8. The average molecular weight is 437 g/mol. The summed E-state index contributed by atoms with van der Waals surface area (Å²) in [4.78, 5) is 25.5. The van der Waals surface area contributed by atoms with Gasteiger partial charge in [0.05, 0.1) is 11.1 Å². The van der Waals surface area contributed by atoms with Crippen molar-refractivity contribution in [3.63, 3.8) is 0 Å². The fourth-order valence-electron chi connectivity index (χ4n) is 2.97. The van der Waals surface area contributed by atoms with Crippen molar-refractivity contribution in [2.24, 2.45) is 0 Å². The van der Waals surface area contributed by atoms with Crippen LogP contribution in [0.3, 0.4) is 0 Å². The molecule has 0 aliphatic carbocycles. The Kier molecular flexibility index (Phi) is 6.51. The fraction of sp³-hybridized carbons (Fsp3) is 0.231. The maximum Gasteiger partial charge on any atom is 0.343 e. The third kappa shape index (κ3) is 5.53. The monoisotopic (exact) mass is 436 g/mol. The van der Waals surface area contributed by atoms with Gasteiger partial charge in [0.25, 0.3) is 0 Å². The van der Waals surface area contributed by atoms with Crippen LogP contribution < -0.4 is 9.47 Å². The van der Waals surface area contributed by atoms with E-state index in [1.54, 1.807) is 42.5 Å². The minimum Gasteiger partial charge on any atom is -0.419 e. The van der Waals surface area contributed by atoms with Gasteiger partial charge in [0.15, 0.2) is 11.5 Å². The Balaban J connectivity index is 1.98. The smallest absolute Gasteiger partial charge is 0.343 e. The first-order valence-electron chi connectivity index (χ1n) is 9.96. The summed E-state index contributed by atoms with van der Waals surface area (Å²) in [6.45, 7) is 9.95. The van der Waals surface area contributed by atoms with E-state index < -0.39 is 11.9 Å². The highest BCUT2D eigenvalue weighted by molar-refractivity contribution is 6.30. The van der Waals surface area contributed by atoms with Crippen LogP contribution in [0.2, 0.25) is 5.02 Å². The molecule has 0 fully saturated rings. The molecule has 4 nitrogen and oxygen atoms in total. The summed E-state index contributed by atoms with van der Waals surface area (Å²) in [6.07, 6.45) is 0. The minimum absolute atomic E-state index is 0.186. The summed E-state index contributed by atoms with van der Waals surface area (Å²) in [5.74, 6) is -0.656. The van der Waals surface area contributed by atoms with Gasteiger partial charge >= 0.3 is 11.9 Å². The number of aryl methyl sites for hydroxylation is 2. The van der Waals surface area contributed by atoms with Crippen molar-refractivity contribution in [3.8, 4) is 11.5 Å². The second kappa shape index (κ2) is 8.94. The van der Waals surface area contributed by atoms with E-state index in [0.29, 0.717) is 21.7 Å². The Morgan fingerprint density at radius 2 is 1.29 bits per heavy atom. The summed E-state index contributed by atoms with van der Waals surface area (Å²) in [5.41, 5.74) is 3.28. The molecule has 0 amide bonds. The number of hydrogen-bond donors (Lipinski definition) is 0. The van der Waals surface area contributed by atoms with Gasteiger partial charge in [-0.3, -0.25) is 0 Å². The van der Waals surface area contributed by atoms with Crippen LogP contribution in [0.1, 0.15) is 58.2 Å². The summed E-state index contributed by atoms with van der Waals surface area (Å²) in [5, 5.41) is 0.523. The highest BCUT2D eigenvalue weighted by Crippen LogP contribution is 2.37. The van der Waals surface area contributed by atoms with Crippen LogP contribution >= 0.6 is 11.6 Å². The second-order valence-electron chi connectivity index (χ2n) is 8.52. The van der Waals surface area contributed by atoms with E-state index in [9.17, 15) is 9.59 Å². The lowest BCUT2D eigenvalue weighted by Crippen LogP contribution is -2.16. The first kappa shape index (κ1) is 22.6. The molecule has 0 aliphatic rings. The van der Waals surface area contributed by atoms with Crippen molar-refractivity contribution in [1.82, 2.24) is 0 Å². The molecule has 160 valence electrons. The third-order valence-electron chi connectivity index (χ3n) is 4.87. The molecule has 0 saturated carbocycles. The van der Waals surface area contributed by atoms with Crippen molar-refractivity contribution in [1.29, 1.82) is 0 Å². The quantitative estimate of drug-likeness (QED) is 0.337. The topological polar surface area (TPSA) is 52.6 Å². The minimum atomic E-state index is -0.559. The van der Waals surface area contributed by atoms with Crippen molar-refractivity contribution < 1.29 is 19.1 Å². The Labute approximate surface area is 187 Å². The predicted molar refractivity (Wildman–Crippen MR) is 122 cm³/mol. The summed E-state index contributed by atoms with van der Waals surface area (Å²) < 4.78 is 11.4. The lowest BCUT2D eigenvalue weighted by Gasteiger charge is -2.22. The number of rotatable bonds is 4. The molecular weight excluding hydrogens is 412 g/mol. The maximum atomic E-state index is 12.8. The molecule has 0 aliphatic heterocycles. The summed E-state index contributed by atoms with van der Waals surface area (Å²) in [6, 6.07) is 17.2. The van der Waals surface area contributed by atoms with Gasteiger partial charge < -0.3 is 9.47 Å². The zero-order valence-corrected chi connectivity index (χ0v) is 19.0. The number of ether oxygens (including phenoxy) is 2. The zero-order valence-electron chi connectivity index (χ0n) is 18.3. The van der Waals surface area contributed by atoms with Gasteiger partial charge in [0.2, 0.25) is 0 Å². The van der Waals surface area contributed by atoms with E-state index in [2.05, 4.69) is 20.8 Å². The SMILES string of the molecule is Cc1ccc(C(=O)Oc2cc(C(C)(C)C)cc(C)c2OC(=O)c2ccc(Cl)cc2)cc1. The van der Waals surface area contributed by atoms with Crippen LogP contribution in [0.25, 0.3) is 0 Å². The van der Waals surface area contributed by atoms with Gasteiger partial charge in [-0.05, 0) is 72.9 Å². The van der Waals surface area contributed by atoms with Crippen molar-refractivity contribution in [2.45, 2.75) is 40.0 Å². The Bertz CT molecular complexity index is 1110. The van der Waals surface area contributed by atoms with E-state index in [-0.39, 0.29) is 16.9 Å². The highest BCUT2D eigenvalue weighted by Gasteiger charge is 2.23. The van der Waals surface area contributed by atoms with Crippen molar-refractivity contribution >= 4 is 23.5 Å². The second-order valence-corrected chi connectivity index (χ2v) is 8.96. The largest absolute Gasteiger partial charge is 0.419 e. The van der Waals surface area contributed by atoms with Gasteiger partial charge in [-0.2, -0.15) is 0 Å². The fourth-order valence-corrected chi connectivity index (χ4v) is 3.09. The number of esters is 2. The van der Waals surface area contributed by atoms with Crippen LogP contribution in [0.5, 0.6) is 11.5 Å². The van der Waals surface area contributed by atoms with Crippen LogP contribution in [0.4, 0.5) is 0 Å². The third-order valence-corrected chi connectivity index (χ3v) is 5.12. The van der Waals surface area contributed by atoms with Crippen LogP contribution in [0.15, 0.2) is 60.7 Å². The number of halogens is 1. The molecule has 0 saturated heterocycles. The Morgan fingerprint density at radius 3 is 1.84 bits per heavy atom. The van der Waals surface area contributed by atoms with Gasteiger partial charge in [-0.25, -0.2) is 9.59 Å².